The van der Waals surface area contributed by atoms with E-state index in [4.69, 9.17) is 9.52 Å². The Morgan fingerprint density at radius 1 is 1.43 bits per heavy atom. The van der Waals surface area contributed by atoms with E-state index in [1.54, 1.807) is 18.2 Å². The fourth-order valence-corrected chi connectivity index (χ4v) is 1.13. The highest BCUT2D eigenvalue weighted by atomic mass is 16.3. The van der Waals surface area contributed by atoms with Crippen molar-refractivity contribution >= 4 is 23.0 Å². The Morgan fingerprint density at radius 3 is 2.86 bits per heavy atom. The van der Waals surface area contributed by atoms with Gasteiger partial charge in [0.1, 0.15) is 11.1 Å². The molecule has 0 unspecified atom stereocenters. The third kappa shape index (κ3) is 1.26. The van der Waals surface area contributed by atoms with Crippen molar-refractivity contribution in [2.45, 2.75) is 0 Å². The number of aldehydes is 1. The predicted molar refractivity (Wildman–Crippen MR) is 50.7 cm³/mol. The van der Waals surface area contributed by atoms with Gasteiger partial charge in [-0.2, -0.15) is 0 Å². The van der Waals surface area contributed by atoms with Gasteiger partial charge < -0.3 is 9.52 Å². The summed E-state index contributed by atoms with van der Waals surface area (Å²) in [5.74, 6) is 0.128. The predicted octanol–water partition coefficient (Wildman–Crippen LogP) is 1.93. The fraction of sp³-hybridized carbons (Fsp3) is 0. The van der Waals surface area contributed by atoms with E-state index in [1.807, 2.05) is 6.07 Å². The van der Waals surface area contributed by atoms with Crippen molar-refractivity contribution in [3.8, 4) is 0 Å². The molecule has 0 radical (unpaired) electrons. The molecule has 1 aromatic heterocycles. The van der Waals surface area contributed by atoms with Crippen LogP contribution in [0.3, 0.4) is 0 Å². The lowest BCUT2D eigenvalue weighted by atomic mass is 10.3. The number of rotatable bonds is 2. The van der Waals surface area contributed by atoms with Crippen LogP contribution in [-0.2, 0) is 4.79 Å². The van der Waals surface area contributed by atoms with Gasteiger partial charge in [0.2, 0.25) is 5.89 Å². The van der Waals surface area contributed by atoms with Gasteiger partial charge in [-0.3, -0.25) is 4.79 Å². The van der Waals surface area contributed by atoms with Crippen molar-refractivity contribution in [2.24, 2.45) is 0 Å². The smallest absolute Gasteiger partial charge is 0.233 e. The number of carbonyl (C=O) groups excluding carboxylic acids is 1. The Hall–Kier alpha value is -2.10. The fourth-order valence-electron chi connectivity index (χ4n) is 1.13. The van der Waals surface area contributed by atoms with Crippen LogP contribution in [0.5, 0.6) is 0 Å². The van der Waals surface area contributed by atoms with Crippen molar-refractivity contribution in [1.82, 2.24) is 4.98 Å². The van der Waals surface area contributed by atoms with Gasteiger partial charge in [0.25, 0.3) is 0 Å². The lowest BCUT2D eigenvalue weighted by Gasteiger charge is -1.86. The second kappa shape index (κ2) is 3.33. The van der Waals surface area contributed by atoms with E-state index in [0.717, 1.165) is 0 Å². The maximum absolute atomic E-state index is 10.5. The molecular formula is C10H7NO3. The van der Waals surface area contributed by atoms with E-state index in [-0.39, 0.29) is 11.5 Å². The first kappa shape index (κ1) is 8.50. The van der Waals surface area contributed by atoms with Crippen molar-refractivity contribution < 1.29 is 14.3 Å². The molecule has 1 aromatic carbocycles. The molecule has 0 fully saturated rings. The largest absolute Gasteiger partial charge is 0.515 e. The molecule has 0 aliphatic carbocycles. The molecule has 0 atom stereocenters. The summed E-state index contributed by atoms with van der Waals surface area (Å²) in [6.07, 6.45) is 1.17. The molecule has 4 nitrogen and oxygen atoms in total. The molecule has 0 bridgehead atoms. The molecule has 1 N–H and O–H groups in total. The molecule has 14 heavy (non-hydrogen) atoms. The number of aliphatic hydroxyl groups is 1. The Kier molecular flexibility index (Phi) is 2.02. The second-order valence-corrected chi connectivity index (χ2v) is 2.69. The Bertz CT molecular complexity index is 466. The van der Waals surface area contributed by atoms with E-state index in [2.05, 4.69) is 4.98 Å². The minimum atomic E-state index is 0.0289. The number of aliphatic hydroxyl groups excluding tert-OH is 1. The molecule has 0 saturated heterocycles. The number of benzene rings is 1. The Morgan fingerprint density at radius 2 is 2.21 bits per heavy atom. The average molecular weight is 189 g/mol. The lowest BCUT2D eigenvalue weighted by Crippen LogP contribution is -1.84. The summed E-state index contributed by atoms with van der Waals surface area (Å²) in [5, 5.41) is 8.71. The maximum atomic E-state index is 10.5. The number of hydrogen-bond donors (Lipinski definition) is 1. The molecule has 0 amide bonds. The molecule has 2 aromatic rings. The Labute approximate surface area is 79.5 Å². The molecule has 0 aliphatic heterocycles. The molecule has 2 rings (SSSR count). The van der Waals surface area contributed by atoms with Gasteiger partial charge in [-0.1, -0.05) is 12.1 Å². The summed E-state index contributed by atoms with van der Waals surface area (Å²) < 4.78 is 5.24. The van der Waals surface area contributed by atoms with E-state index >= 15 is 0 Å². The monoisotopic (exact) mass is 189 g/mol. The number of nitrogens with zero attached hydrogens (tertiary/aromatic N) is 1. The first-order chi connectivity index (χ1) is 6.85. The molecular weight excluding hydrogens is 182 g/mol. The van der Waals surface area contributed by atoms with Crippen LogP contribution in [0.1, 0.15) is 5.89 Å². The van der Waals surface area contributed by atoms with Crippen molar-refractivity contribution in [3.63, 3.8) is 0 Å². The summed E-state index contributed by atoms with van der Waals surface area (Å²) in [4.78, 5) is 14.5. The number of hydrogen-bond acceptors (Lipinski definition) is 4. The molecule has 1 heterocycles. The van der Waals surface area contributed by atoms with Gasteiger partial charge in [0.05, 0.1) is 6.26 Å². The normalized spacial score (nSPS) is 11.9. The van der Waals surface area contributed by atoms with Gasteiger partial charge >= 0.3 is 0 Å². The zero-order chi connectivity index (χ0) is 9.97. The first-order valence-corrected chi connectivity index (χ1v) is 4.00. The topological polar surface area (TPSA) is 63.3 Å². The summed E-state index contributed by atoms with van der Waals surface area (Å²) in [7, 11) is 0. The van der Waals surface area contributed by atoms with Crippen molar-refractivity contribution in [3.05, 3.63) is 36.4 Å². The molecule has 70 valence electrons. The summed E-state index contributed by atoms with van der Waals surface area (Å²) in [6, 6.07) is 7.13. The highest BCUT2D eigenvalue weighted by molar-refractivity contribution is 6.04. The zero-order valence-corrected chi connectivity index (χ0v) is 7.18. The SMILES string of the molecule is O=CC(=CO)c1nc2ccccc2o1. The van der Waals surface area contributed by atoms with Crippen LogP contribution in [0.15, 0.2) is 34.9 Å². The van der Waals surface area contributed by atoms with E-state index in [1.165, 1.54) is 0 Å². The molecule has 0 spiro atoms. The molecule has 0 aliphatic rings. The highest BCUT2D eigenvalue weighted by Gasteiger charge is 2.09. The second-order valence-electron chi connectivity index (χ2n) is 2.69. The number of fused-ring (bicyclic) bond motifs is 1. The summed E-state index contributed by atoms with van der Waals surface area (Å²) in [6.45, 7) is 0. The van der Waals surface area contributed by atoms with Gasteiger partial charge in [-0.05, 0) is 12.1 Å². The minimum absolute atomic E-state index is 0.0289. The van der Waals surface area contributed by atoms with Gasteiger partial charge in [0, 0.05) is 0 Å². The quantitative estimate of drug-likeness (QED) is 0.445. The standard InChI is InChI=1S/C10H7NO3/c12-5-7(6-13)10-11-8-3-1-2-4-9(8)14-10/h1-6,12H. The van der Waals surface area contributed by atoms with E-state index < -0.39 is 0 Å². The van der Waals surface area contributed by atoms with Crippen LogP contribution in [0, 0.1) is 0 Å². The highest BCUT2D eigenvalue weighted by Crippen LogP contribution is 2.18. The van der Waals surface area contributed by atoms with Crippen LogP contribution in [0.2, 0.25) is 0 Å². The maximum Gasteiger partial charge on any atom is 0.233 e. The minimum Gasteiger partial charge on any atom is -0.515 e. The number of allylic oxidation sites excluding steroid dienone is 1. The van der Waals surface area contributed by atoms with Crippen LogP contribution in [0.25, 0.3) is 16.7 Å². The van der Waals surface area contributed by atoms with Gasteiger partial charge in [0.15, 0.2) is 11.9 Å². The number of para-hydroxylation sites is 2. The third-order valence-electron chi connectivity index (χ3n) is 1.81. The summed E-state index contributed by atoms with van der Waals surface area (Å²) in [5.41, 5.74) is 1.27. The van der Waals surface area contributed by atoms with Crippen LogP contribution in [-0.4, -0.2) is 16.4 Å². The number of carbonyl (C=O) groups is 1. The Balaban J connectivity index is 2.60. The van der Waals surface area contributed by atoms with Crippen molar-refractivity contribution in [1.29, 1.82) is 0 Å². The lowest BCUT2D eigenvalue weighted by molar-refractivity contribution is -0.103. The zero-order valence-electron chi connectivity index (χ0n) is 7.18. The summed E-state index contributed by atoms with van der Waals surface area (Å²) >= 11 is 0. The third-order valence-corrected chi connectivity index (χ3v) is 1.81. The van der Waals surface area contributed by atoms with Crippen LogP contribution >= 0.6 is 0 Å². The molecule has 0 saturated carbocycles. The first-order valence-electron chi connectivity index (χ1n) is 4.00. The van der Waals surface area contributed by atoms with E-state index in [9.17, 15) is 4.79 Å². The molecule has 4 heteroatoms. The van der Waals surface area contributed by atoms with Gasteiger partial charge in [-0.25, -0.2) is 4.98 Å². The van der Waals surface area contributed by atoms with Gasteiger partial charge in [-0.15, -0.1) is 0 Å². The van der Waals surface area contributed by atoms with Crippen molar-refractivity contribution in [2.75, 3.05) is 0 Å². The average Bonchev–Trinajstić information content (AvgIpc) is 2.63. The number of aromatic nitrogens is 1. The number of oxazole rings is 1. The van der Waals surface area contributed by atoms with E-state index in [0.29, 0.717) is 23.6 Å². The van der Waals surface area contributed by atoms with Crippen LogP contribution in [0.4, 0.5) is 0 Å². The van der Waals surface area contributed by atoms with Crippen LogP contribution < -0.4 is 0 Å².